The highest BCUT2D eigenvalue weighted by Gasteiger charge is 2.19. The van der Waals surface area contributed by atoms with Crippen LogP contribution in [0.15, 0.2) is 41.8 Å². The molecule has 1 aromatic carbocycles. The average molecular weight is 355 g/mol. The first-order chi connectivity index (χ1) is 10.6. The third-order valence-electron chi connectivity index (χ3n) is 3.34. The number of rotatable bonds is 6. The summed E-state index contributed by atoms with van der Waals surface area (Å²) in [6, 6.07) is 11.9. The minimum absolute atomic E-state index is 0.178. The van der Waals surface area contributed by atoms with Gasteiger partial charge in [-0.2, -0.15) is 0 Å². The van der Waals surface area contributed by atoms with Crippen LogP contribution < -0.4 is 5.32 Å². The Bertz CT molecular complexity index is 604. The van der Waals surface area contributed by atoms with E-state index in [0.717, 1.165) is 5.69 Å². The molecule has 0 saturated carbocycles. The Hall–Kier alpha value is -1.14. The van der Waals surface area contributed by atoms with E-state index in [4.69, 9.17) is 28.6 Å². The van der Waals surface area contributed by atoms with E-state index >= 15 is 0 Å². The summed E-state index contributed by atoms with van der Waals surface area (Å²) in [7, 11) is 1.69. The van der Waals surface area contributed by atoms with Crippen LogP contribution in [0.1, 0.15) is 17.8 Å². The van der Waals surface area contributed by atoms with Crippen molar-refractivity contribution in [2.75, 3.05) is 25.6 Å². The maximum absolute atomic E-state index is 6.19. The normalized spacial score (nSPS) is 12.0. The molecular weight excluding hydrogens is 336 g/mol. The van der Waals surface area contributed by atoms with Gasteiger partial charge in [0.25, 0.3) is 0 Å². The standard InChI is InChI=1S/C16H19ClN2OS2/c1-12(15-8-5-11-22-15)19(9-10-20-2)16(21)18-14-7-4-3-6-13(14)17/h3-8,11-12H,9-10H2,1-2H3,(H,18,21). The average Bonchev–Trinajstić information content (AvgIpc) is 3.04. The van der Waals surface area contributed by atoms with Gasteiger partial charge in [-0.05, 0) is 42.7 Å². The summed E-state index contributed by atoms with van der Waals surface area (Å²) < 4.78 is 5.21. The van der Waals surface area contributed by atoms with Gasteiger partial charge in [0.2, 0.25) is 0 Å². The number of hydrogen-bond acceptors (Lipinski definition) is 3. The van der Waals surface area contributed by atoms with E-state index in [1.54, 1.807) is 18.4 Å². The molecule has 118 valence electrons. The largest absolute Gasteiger partial charge is 0.383 e. The van der Waals surface area contributed by atoms with Crippen LogP contribution in [0.2, 0.25) is 5.02 Å². The van der Waals surface area contributed by atoms with Crippen molar-refractivity contribution in [3.8, 4) is 0 Å². The highest BCUT2D eigenvalue weighted by molar-refractivity contribution is 7.80. The number of thiophene rings is 1. The molecule has 0 bridgehead atoms. The summed E-state index contributed by atoms with van der Waals surface area (Å²) in [5.74, 6) is 0. The third-order valence-corrected chi connectivity index (χ3v) is 5.04. The lowest BCUT2D eigenvalue weighted by Gasteiger charge is -2.31. The second kappa shape index (κ2) is 8.48. The number of hydrogen-bond donors (Lipinski definition) is 1. The van der Waals surface area contributed by atoms with Crippen LogP contribution in [0.3, 0.4) is 0 Å². The monoisotopic (exact) mass is 354 g/mol. The zero-order valence-corrected chi connectivity index (χ0v) is 15.0. The number of benzene rings is 1. The zero-order chi connectivity index (χ0) is 15.9. The Labute approximate surface area is 145 Å². The molecule has 0 aliphatic rings. The van der Waals surface area contributed by atoms with E-state index in [0.29, 0.717) is 23.3 Å². The Morgan fingerprint density at radius 1 is 1.36 bits per heavy atom. The maximum atomic E-state index is 6.19. The Morgan fingerprint density at radius 3 is 2.77 bits per heavy atom. The summed E-state index contributed by atoms with van der Waals surface area (Å²) in [5.41, 5.74) is 0.815. The van der Waals surface area contributed by atoms with Crippen LogP contribution in [0, 0.1) is 0 Å². The zero-order valence-electron chi connectivity index (χ0n) is 12.6. The minimum Gasteiger partial charge on any atom is -0.383 e. The molecule has 2 aromatic rings. The molecule has 1 N–H and O–H groups in total. The van der Waals surface area contributed by atoms with Crippen molar-refractivity contribution in [2.45, 2.75) is 13.0 Å². The van der Waals surface area contributed by atoms with Gasteiger partial charge in [-0.25, -0.2) is 0 Å². The quantitative estimate of drug-likeness (QED) is 0.752. The van der Waals surface area contributed by atoms with Gasteiger partial charge in [0.15, 0.2) is 5.11 Å². The minimum atomic E-state index is 0.178. The molecular formula is C16H19ClN2OS2. The third kappa shape index (κ3) is 4.43. The predicted octanol–water partition coefficient (Wildman–Crippen LogP) is 4.81. The summed E-state index contributed by atoms with van der Waals surface area (Å²) in [4.78, 5) is 3.38. The number of thiocarbonyl (C=S) groups is 1. The number of nitrogens with zero attached hydrogens (tertiary/aromatic N) is 1. The summed E-state index contributed by atoms with van der Waals surface area (Å²) in [6.07, 6.45) is 0. The fraction of sp³-hybridized carbons (Fsp3) is 0.312. The second-order valence-corrected chi connectivity index (χ2v) is 6.56. The molecule has 0 aliphatic heterocycles. The SMILES string of the molecule is COCCN(C(=S)Nc1ccccc1Cl)C(C)c1cccs1. The van der Waals surface area contributed by atoms with Crippen molar-refractivity contribution in [1.82, 2.24) is 4.90 Å². The molecule has 22 heavy (non-hydrogen) atoms. The highest BCUT2D eigenvalue weighted by Crippen LogP contribution is 2.26. The number of para-hydroxylation sites is 1. The van der Waals surface area contributed by atoms with Gasteiger partial charge in [-0.1, -0.05) is 29.8 Å². The van der Waals surface area contributed by atoms with Crippen molar-refractivity contribution in [3.05, 3.63) is 51.7 Å². The van der Waals surface area contributed by atoms with Crippen LogP contribution in [0.5, 0.6) is 0 Å². The van der Waals surface area contributed by atoms with Crippen molar-refractivity contribution in [2.24, 2.45) is 0 Å². The van der Waals surface area contributed by atoms with Crippen LogP contribution in [0.4, 0.5) is 5.69 Å². The first kappa shape index (κ1) is 17.2. The fourth-order valence-corrected chi connectivity index (χ4v) is 3.43. The molecule has 1 heterocycles. The molecule has 0 saturated heterocycles. The molecule has 2 rings (SSSR count). The number of nitrogens with one attached hydrogen (secondary N) is 1. The van der Waals surface area contributed by atoms with Gasteiger partial charge >= 0.3 is 0 Å². The van der Waals surface area contributed by atoms with E-state index in [9.17, 15) is 0 Å². The molecule has 1 atom stereocenters. The van der Waals surface area contributed by atoms with Crippen LogP contribution >= 0.6 is 35.2 Å². The van der Waals surface area contributed by atoms with Gasteiger partial charge in [-0.3, -0.25) is 0 Å². The molecule has 1 unspecified atom stereocenters. The van der Waals surface area contributed by atoms with Gasteiger partial charge in [0, 0.05) is 18.5 Å². The molecule has 0 amide bonds. The number of methoxy groups -OCH3 is 1. The molecule has 0 fully saturated rings. The van der Waals surface area contributed by atoms with Crippen molar-refractivity contribution in [1.29, 1.82) is 0 Å². The van der Waals surface area contributed by atoms with E-state index < -0.39 is 0 Å². The summed E-state index contributed by atoms with van der Waals surface area (Å²) in [6.45, 7) is 3.47. The van der Waals surface area contributed by atoms with Crippen LogP contribution in [-0.4, -0.2) is 30.3 Å². The van der Waals surface area contributed by atoms with Crippen molar-refractivity contribution in [3.63, 3.8) is 0 Å². The first-order valence-electron chi connectivity index (χ1n) is 6.98. The predicted molar refractivity (Wildman–Crippen MR) is 99.0 cm³/mol. The topological polar surface area (TPSA) is 24.5 Å². The number of ether oxygens (including phenoxy) is 1. The highest BCUT2D eigenvalue weighted by atomic mass is 35.5. The Morgan fingerprint density at radius 2 is 2.14 bits per heavy atom. The van der Waals surface area contributed by atoms with E-state index in [-0.39, 0.29) is 6.04 Å². The van der Waals surface area contributed by atoms with Crippen molar-refractivity contribution < 1.29 is 4.74 Å². The molecule has 1 aromatic heterocycles. The van der Waals surface area contributed by atoms with E-state index in [2.05, 4.69) is 34.7 Å². The smallest absolute Gasteiger partial charge is 0.174 e. The van der Waals surface area contributed by atoms with Gasteiger partial charge in [0.05, 0.1) is 23.4 Å². The van der Waals surface area contributed by atoms with Gasteiger partial charge < -0.3 is 15.0 Å². The molecule has 3 nitrogen and oxygen atoms in total. The lowest BCUT2D eigenvalue weighted by atomic mass is 10.2. The van der Waals surface area contributed by atoms with E-state index in [1.165, 1.54) is 4.88 Å². The Kier molecular flexibility index (Phi) is 6.64. The molecule has 0 radical (unpaired) electrons. The van der Waals surface area contributed by atoms with Crippen LogP contribution in [0.25, 0.3) is 0 Å². The maximum Gasteiger partial charge on any atom is 0.174 e. The van der Waals surface area contributed by atoms with Gasteiger partial charge in [0.1, 0.15) is 0 Å². The molecule has 0 aliphatic carbocycles. The second-order valence-electron chi connectivity index (χ2n) is 4.79. The lowest BCUT2D eigenvalue weighted by Crippen LogP contribution is -2.38. The van der Waals surface area contributed by atoms with E-state index in [1.807, 2.05) is 24.3 Å². The van der Waals surface area contributed by atoms with Crippen molar-refractivity contribution >= 4 is 46.0 Å². The fourth-order valence-electron chi connectivity index (χ4n) is 2.09. The Balaban J connectivity index is 2.14. The number of anilines is 1. The number of halogens is 1. The summed E-state index contributed by atoms with van der Waals surface area (Å²) in [5, 5.41) is 6.61. The molecule has 0 spiro atoms. The van der Waals surface area contributed by atoms with Crippen LogP contribution in [-0.2, 0) is 4.74 Å². The van der Waals surface area contributed by atoms with Gasteiger partial charge in [-0.15, -0.1) is 11.3 Å². The summed E-state index contributed by atoms with van der Waals surface area (Å²) >= 11 is 13.5. The first-order valence-corrected chi connectivity index (χ1v) is 8.64. The lowest BCUT2D eigenvalue weighted by molar-refractivity contribution is 0.166. The molecule has 6 heteroatoms.